The van der Waals surface area contributed by atoms with E-state index in [-0.39, 0.29) is 9.79 Å². The first-order valence-corrected chi connectivity index (χ1v) is 9.15. The first-order valence-electron chi connectivity index (χ1n) is 6.27. The zero-order valence-corrected chi connectivity index (χ0v) is 13.6. The molecule has 118 valence electrons. The number of hydrogen-bond donors (Lipinski definition) is 0. The molecule has 2 rings (SSSR count). The van der Waals surface area contributed by atoms with Crippen molar-refractivity contribution in [1.29, 1.82) is 0 Å². The molecule has 0 saturated heterocycles. The fraction of sp³-hybridized carbons (Fsp3) is 0.143. The predicted octanol–water partition coefficient (Wildman–Crippen LogP) is 2.18. The minimum absolute atomic E-state index is 0.371. The van der Waals surface area contributed by atoms with Crippen molar-refractivity contribution in [3.63, 3.8) is 0 Å². The van der Waals surface area contributed by atoms with E-state index in [1.165, 1.54) is 48.5 Å². The van der Waals surface area contributed by atoms with Crippen LogP contribution in [0.4, 0.5) is 0 Å². The van der Waals surface area contributed by atoms with Crippen molar-refractivity contribution < 1.29 is 16.8 Å². The zero-order valence-electron chi connectivity index (χ0n) is 11.9. The summed E-state index contributed by atoms with van der Waals surface area (Å²) in [4.78, 5) is -0.743. The summed E-state index contributed by atoms with van der Waals surface area (Å²) in [5.41, 5.74) is 1.58. The monoisotopic (exact) mass is 340 g/mol. The highest BCUT2D eigenvalue weighted by molar-refractivity contribution is 8.04. The molecule has 0 unspecified atom stereocenters. The van der Waals surface area contributed by atoms with Gasteiger partial charge in [0.15, 0.2) is 0 Å². The largest absolute Gasteiger partial charge is 0.758 e. The van der Waals surface area contributed by atoms with Crippen molar-refractivity contribution in [2.75, 3.05) is 0 Å². The van der Waals surface area contributed by atoms with Crippen LogP contribution in [-0.2, 0) is 20.0 Å². The predicted molar refractivity (Wildman–Crippen MR) is 81.9 cm³/mol. The standard InChI is InChI=1S/C14H14NO5S2/c1-11-3-7-13(8-4-11)21(17,18)15(16)22(19,20)14-9-5-12(2)6-10-14/h3-10H,1-2H3/q-1. The van der Waals surface area contributed by atoms with Crippen LogP contribution in [0.25, 0.3) is 0 Å². The second kappa shape index (κ2) is 5.81. The maximum atomic E-state index is 12.2. The molecule has 0 saturated carbocycles. The van der Waals surface area contributed by atoms with Crippen LogP contribution in [-0.4, -0.2) is 20.7 Å². The average molecular weight is 340 g/mol. The summed E-state index contributed by atoms with van der Waals surface area (Å²) in [7, 11) is -9.36. The summed E-state index contributed by atoms with van der Waals surface area (Å²) in [5, 5.41) is 12.0. The van der Waals surface area contributed by atoms with Gasteiger partial charge in [-0.05, 0) is 38.1 Å². The molecule has 0 atom stereocenters. The van der Waals surface area contributed by atoms with Crippen LogP contribution in [0.1, 0.15) is 11.1 Å². The molecule has 0 aliphatic carbocycles. The number of benzene rings is 2. The van der Waals surface area contributed by atoms with Crippen LogP contribution in [0.2, 0.25) is 0 Å². The van der Waals surface area contributed by atoms with E-state index < -0.39 is 23.9 Å². The maximum Gasteiger partial charge on any atom is 0.245 e. The molecule has 0 aromatic heterocycles. The van der Waals surface area contributed by atoms with Gasteiger partial charge in [0.05, 0.1) is 9.79 Å². The van der Waals surface area contributed by atoms with Gasteiger partial charge in [0.1, 0.15) is 0 Å². The lowest BCUT2D eigenvalue weighted by molar-refractivity contribution is 0.537. The zero-order chi connectivity index (χ0) is 16.5. The van der Waals surface area contributed by atoms with Gasteiger partial charge in [0, 0.05) is 0 Å². The molecule has 0 spiro atoms. The molecule has 0 heterocycles. The van der Waals surface area contributed by atoms with Crippen LogP contribution in [0.15, 0.2) is 58.3 Å². The van der Waals surface area contributed by atoms with Crippen molar-refractivity contribution in [1.82, 2.24) is 3.87 Å². The normalized spacial score (nSPS) is 12.5. The molecule has 2 aromatic carbocycles. The van der Waals surface area contributed by atoms with E-state index in [4.69, 9.17) is 0 Å². The van der Waals surface area contributed by atoms with E-state index in [2.05, 4.69) is 0 Å². The number of rotatable bonds is 4. The van der Waals surface area contributed by atoms with Crippen LogP contribution >= 0.6 is 0 Å². The van der Waals surface area contributed by atoms with Crippen molar-refractivity contribution in [3.8, 4) is 0 Å². The molecular weight excluding hydrogens is 326 g/mol. The molecular formula is C14H14NO5S2-. The average Bonchev–Trinajstić information content (AvgIpc) is 2.47. The molecule has 6 nitrogen and oxygen atoms in total. The summed E-state index contributed by atoms with van der Waals surface area (Å²) in [6, 6.07) is 10.7. The first-order chi connectivity index (χ1) is 10.2. The minimum Gasteiger partial charge on any atom is -0.758 e. The second-order valence-electron chi connectivity index (χ2n) is 4.80. The topological polar surface area (TPSA) is 94.6 Å². The molecule has 0 aliphatic heterocycles. The lowest BCUT2D eigenvalue weighted by Crippen LogP contribution is -2.31. The highest BCUT2D eigenvalue weighted by Crippen LogP contribution is 2.23. The number of hydrogen-bond acceptors (Lipinski definition) is 5. The molecule has 0 aliphatic rings. The Morgan fingerprint density at radius 1 is 0.682 bits per heavy atom. The SMILES string of the molecule is Cc1ccc(S(=O)(=O)N([O-])S(=O)(=O)c2ccc(C)cc2)cc1. The summed E-state index contributed by atoms with van der Waals surface area (Å²) in [5.74, 6) is 0. The number of sulfonamides is 2. The lowest BCUT2D eigenvalue weighted by atomic mass is 10.2. The Bertz CT molecular complexity index is 794. The Kier molecular flexibility index (Phi) is 4.39. The molecule has 22 heavy (non-hydrogen) atoms. The third-order valence-electron chi connectivity index (χ3n) is 3.03. The van der Waals surface area contributed by atoms with Gasteiger partial charge in [-0.1, -0.05) is 35.4 Å². The van der Waals surface area contributed by atoms with Crippen molar-refractivity contribution >= 4 is 20.0 Å². The molecule has 0 N–H and O–H groups in total. The smallest absolute Gasteiger partial charge is 0.245 e. The van der Waals surface area contributed by atoms with Crippen molar-refractivity contribution in [2.24, 2.45) is 0 Å². The Balaban J connectivity index is 2.47. The van der Waals surface area contributed by atoms with E-state index in [0.29, 0.717) is 0 Å². The third-order valence-corrected chi connectivity index (χ3v) is 6.73. The maximum absolute atomic E-state index is 12.2. The Morgan fingerprint density at radius 2 is 0.955 bits per heavy atom. The van der Waals surface area contributed by atoms with Gasteiger partial charge in [0.25, 0.3) is 0 Å². The van der Waals surface area contributed by atoms with Crippen LogP contribution < -0.4 is 0 Å². The summed E-state index contributed by atoms with van der Waals surface area (Å²) >= 11 is 0. The van der Waals surface area contributed by atoms with Gasteiger partial charge in [0.2, 0.25) is 20.0 Å². The van der Waals surface area contributed by atoms with Crippen molar-refractivity contribution in [2.45, 2.75) is 23.6 Å². The molecule has 0 bridgehead atoms. The Morgan fingerprint density at radius 3 is 1.23 bits per heavy atom. The highest BCUT2D eigenvalue weighted by Gasteiger charge is 2.28. The van der Waals surface area contributed by atoms with Crippen LogP contribution in [0.3, 0.4) is 0 Å². The van der Waals surface area contributed by atoms with Gasteiger partial charge in [-0.15, -0.1) is 0 Å². The Labute approximate surface area is 129 Å². The summed E-state index contributed by atoms with van der Waals surface area (Å²) < 4.78 is 47.8. The molecule has 0 fully saturated rings. The molecule has 8 heteroatoms. The lowest BCUT2D eigenvalue weighted by Gasteiger charge is -2.26. The fourth-order valence-corrected chi connectivity index (χ4v) is 4.58. The highest BCUT2D eigenvalue weighted by atomic mass is 32.3. The summed E-state index contributed by atoms with van der Waals surface area (Å²) in [6.07, 6.45) is 0. The van der Waals surface area contributed by atoms with E-state index in [1.807, 2.05) is 0 Å². The third kappa shape index (κ3) is 3.05. The van der Waals surface area contributed by atoms with Crippen LogP contribution in [0.5, 0.6) is 0 Å². The number of aryl methyl sites for hydroxylation is 2. The van der Waals surface area contributed by atoms with E-state index >= 15 is 0 Å². The summed E-state index contributed by atoms with van der Waals surface area (Å²) in [6.45, 7) is 3.49. The molecule has 2 aromatic rings. The van der Waals surface area contributed by atoms with E-state index in [0.717, 1.165) is 11.1 Å². The van der Waals surface area contributed by atoms with E-state index in [9.17, 15) is 22.0 Å². The van der Waals surface area contributed by atoms with E-state index in [1.54, 1.807) is 13.8 Å². The van der Waals surface area contributed by atoms with Crippen molar-refractivity contribution in [3.05, 3.63) is 64.9 Å². The second-order valence-corrected chi connectivity index (χ2v) is 8.54. The Hall–Kier alpha value is -1.74. The molecule has 0 amide bonds. The number of nitrogens with zero attached hydrogens (tertiary/aromatic N) is 1. The van der Waals surface area contributed by atoms with Crippen LogP contribution in [0, 0.1) is 19.1 Å². The van der Waals surface area contributed by atoms with Gasteiger partial charge >= 0.3 is 0 Å². The van der Waals surface area contributed by atoms with Gasteiger partial charge in [-0.3, -0.25) is 0 Å². The first kappa shape index (κ1) is 16.6. The molecule has 0 radical (unpaired) electrons. The van der Waals surface area contributed by atoms with Gasteiger partial charge in [-0.2, -0.15) is 3.87 Å². The minimum atomic E-state index is -4.68. The van der Waals surface area contributed by atoms with Gasteiger partial charge in [-0.25, -0.2) is 16.8 Å². The van der Waals surface area contributed by atoms with Gasteiger partial charge < -0.3 is 5.21 Å². The fourth-order valence-electron chi connectivity index (χ4n) is 1.72. The quantitative estimate of drug-likeness (QED) is 0.795.